The number of aliphatic hydroxyl groups is 3. The van der Waals surface area contributed by atoms with Gasteiger partial charge in [-0.15, -0.1) is 0 Å². The maximum Gasteiger partial charge on any atom is 0.255 e. The van der Waals surface area contributed by atoms with E-state index in [-0.39, 0.29) is 29.7 Å². The summed E-state index contributed by atoms with van der Waals surface area (Å²) in [4.78, 5) is 45.8. The van der Waals surface area contributed by atoms with Crippen LogP contribution in [0.25, 0.3) is 11.1 Å². The van der Waals surface area contributed by atoms with Crippen LogP contribution in [-0.2, 0) is 20.8 Å². The molecule has 11 nitrogen and oxygen atoms in total. The number of allylic oxidation sites excluding steroid dienone is 1. The van der Waals surface area contributed by atoms with Crippen molar-refractivity contribution in [2.45, 2.75) is 31.4 Å². The minimum atomic E-state index is -2.67. The Morgan fingerprint density at radius 2 is 1.76 bits per heavy atom. The molecule has 2 aromatic rings. The van der Waals surface area contributed by atoms with E-state index in [1.807, 2.05) is 24.3 Å². The van der Waals surface area contributed by atoms with Gasteiger partial charge in [-0.25, -0.2) is 0 Å². The molecule has 0 unspecified atom stereocenters. The molecule has 0 radical (unpaired) electrons. The first-order valence-corrected chi connectivity index (χ1v) is 13.0. The fourth-order valence-corrected chi connectivity index (χ4v) is 6.60. The second-order valence-electron chi connectivity index (χ2n) is 10.9. The van der Waals surface area contributed by atoms with E-state index in [0.717, 1.165) is 11.1 Å². The lowest BCUT2D eigenvalue weighted by molar-refractivity contribution is -0.148. The Kier molecular flexibility index (Phi) is 6.75. The Labute approximate surface area is 235 Å². The number of likely N-dealkylation sites (N-methyl/N-ethyl adjacent to an activating group) is 1. The first kappa shape index (κ1) is 28.1. The fraction of sp³-hybridized carbons (Fsp3) is 0.333. The first-order chi connectivity index (χ1) is 19.3. The van der Waals surface area contributed by atoms with Gasteiger partial charge in [-0.3, -0.25) is 19.3 Å². The molecule has 6 N–H and O–H groups in total. The predicted molar refractivity (Wildman–Crippen MR) is 148 cm³/mol. The third-order valence-corrected chi connectivity index (χ3v) is 8.45. The van der Waals surface area contributed by atoms with E-state index in [1.165, 1.54) is 18.1 Å². The van der Waals surface area contributed by atoms with Crippen LogP contribution in [0, 0.1) is 11.8 Å². The molecule has 2 aromatic carbocycles. The molecule has 3 aliphatic rings. The molecule has 4 atom stereocenters. The van der Waals surface area contributed by atoms with Crippen LogP contribution < -0.4 is 5.73 Å². The Bertz CT molecular complexity index is 1590. The van der Waals surface area contributed by atoms with Crippen LogP contribution in [0.4, 0.5) is 0 Å². The van der Waals surface area contributed by atoms with Gasteiger partial charge in [0.15, 0.2) is 11.4 Å². The third-order valence-electron chi connectivity index (χ3n) is 8.45. The molecule has 1 amide bonds. The van der Waals surface area contributed by atoms with Gasteiger partial charge in [-0.2, -0.15) is 0 Å². The highest BCUT2D eigenvalue weighted by molar-refractivity contribution is 6.25. The molecule has 0 heterocycles. The van der Waals surface area contributed by atoms with Crippen molar-refractivity contribution in [3.8, 4) is 16.9 Å². The van der Waals surface area contributed by atoms with Crippen LogP contribution in [0.15, 0.2) is 64.2 Å². The quantitative estimate of drug-likeness (QED) is 0.207. The zero-order valence-corrected chi connectivity index (χ0v) is 23.0. The zero-order valence-electron chi connectivity index (χ0n) is 23.0. The summed E-state index contributed by atoms with van der Waals surface area (Å²) in [7, 11) is 4.64. The van der Waals surface area contributed by atoms with E-state index in [9.17, 15) is 34.8 Å². The summed E-state index contributed by atoms with van der Waals surface area (Å²) in [6.07, 6.45) is 0.219. The summed E-state index contributed by atoms with van der Waals surface area (Å²) in [6, 6.07) is 9.48. The molecule has 0 fully saturated rings. The van der Waals surface area contributed by atoms with Crippen molar-refractivity contribution in [3.63, 3.8) is 0 Å². The lowest BCUT2D eigenvalue weighted by Crippen LogP contribution is -2.63. The Balaban J connectivity index is 1.66. The monoisotopic (exact) mass is 561 g/mol. The van der Waals surface area contributed by atoms with Crippen molar-refractivity contribution in [1.29, 1.82) is 0 Å². The average molecular weight is 562 g/mol. The Morgan fingerprint density at radius 1 is 1.10 bits per heavy atom. The van der Waals surface area contributed by atoms with Crippen LogP contribution in [0.5, 0.6) is 5.75 Å². The van der Waals surface area contributed by atoms with Gasteiger partial charge >= 0.3 is 0 Å². The number of carbonyl (C=O) groups excluding carboxylic acids is 3. The van der Waals surface area contributed by atoms with Crippen LogP contribution >= 0.6 is 0 Å². The lowest BCUT2D eigenvalue weighted by atomic mass is 9.58. The number of Topliss-reactive ketones (excluding diaryl/α,β-unsaturated/α-hetero) is 2. The molecule has 214 valence electrons. The molecule has 3 aliphatic carbocycles. The fourth-order valence-electron chi connectivity index (χ4n) is 6.60. The van der Waals surface area contributed by atoms with Crippen LogP contribution in [0.2, 0.25) is 0 Å². The molecule has 11 heteroatoms. The van der Waals surface area contributed by atoms with Crippen LogP contribution in [-0.4, -0.2) is 81.4 Å². The summed E-state index contributed by atoms with van der Waals surface area (Å²) < 4.78 is 0. The SMILES string of the molecule is CO/N=C(\C)c1ccc(-c2ccc(O)c3c2C[C@H]2C[C@H]4[C@H](N(C)C)C(O)=C(C(N)=O)C(=O)[C@@]4(O)C(O)=C2C3=O)cc1. The van der Waals surface area contributed by atoms with Crippen molar-refractivity contribution in [2.24, 2.45) is 22.7 Å². The minimum Gasteiger partial charge on any atom is -0.510 e. The second-order valence-corrected chi connectivity index (χ2v) is 10.9. The maximum absolute atomic E-state index is 13.9. The van der Waals surface area contributed by atoms with E-state index in [2.05, 4.69) is 5.16 Å². The molecule has 5 rings (SSSR count). The molecule has 0 aromatic heterocycles. The minimum absolute atomic E-state index is 0.0203. The molecule has 0 bridgehead atoms. The molecule has 0 spiro atoms. The summed E-state index contributed by atoms with van der Waals surface area (Å²) in [5.41, 5.74) is 5.17. The van der Waals surface area contributed by atoms with Crippen molar-refractivity contribution >= 4 is 23.2 Å². The molecular formula is C30H31N3O8. The van der Waals surface area contributed by atoms with E-state index >= 15 is 0 Å². The zero-order chi connectivity index (χ0) is 30.0. The number of phenols is 1. The molecular weight excluding hydrogens is 530 g/mol. The van der Waals surface area contributed by atoms with Crippen LogP contribution in [0.1, 0.15) is 34.8 Å². The normalized spacial score (nSPS) is 26.1. The van der Waals surface area contributed by atoms with E-state index in [1.54, 1.807) is 27.1 Å². The lowest BCUT2D eigenvalue weighted by Gasteiger charge is -2.50. The average Bonchev–Trinajstić information content (AvgIpc) is 2.91. The summed E-state index contributed by atoms with van der Waals surface area (Å²) in [5.74, 6) is -6.80. The van der Waals surface area contributed by atoms with Crippen molar-refractivity contribution in [3.05, 3.63) is 75.8 Å². The number of nitrogens with zero attached hydrogens (tertiary/aromatic N) is 2. The van der Waals surface area contributed by atoms with Gasteiger partial charge in [0, 0.05) is 11.5 Å². The van der Waals surface area contributed by atoms with Gasteiger partial charge < -0.3 is 31.0 Å². The largest absolute Gasteiger partial charge is 0.510 e. The highest BCUT2D eigenvalue weighted by atomic mass is 16.6. The number of carbonyl (C=O) groups is 3. The summed E-state index contributed by atoms with van der Waals surface area (Å²) >= 11 is 0. The van der Waals surface area contributed by atoms with Gasteiger partial charge in [-0.1, -0.05) is 35.5 Å². The van der Waals surface area contributed by atoms with Gasteiger partial charge in [-0.05, 0) is 68.1 Å². The molecule has 0 saturated heterocycles. The number of hydrogen-bond donors (Lipinski definition) is 5. The number of oxime groups is 1. The van der Waals surface area contributed by atoms with Crippen molar-refractivity contribution in [1.82, 2.24) is 4.90 Å². The predicted octanol–water partition coefficient (Wildman–Crippen LogP) is 2.16. The number of nitrogens with two attached hydrogens (primary N) is 1. The van der Waals surface area contributed by atoms with E-state index in [4.69, 9.17) is 10.6 Å². The summed E-state index contributed by atoms with van der Waals surface area (Å²) in [6.45, 7) is 1.81. The number of fused-ring (bicyclic) bond motifs is 3. The topological polar surface area (TPSA) is 183 Å². The van der Waals surface area contributed by atoms with Crippen LogP contribution in [0.3, 0.4) is 0 Å². The molecule has 0 aliphatic heterocycles. The van der Waals surface area contributed by atoms with Gasteiger partial charge in [0.25, 0.3) is 5.91 Å². The Hall–Kier alpha value is -4.48. The van der Waals surface area contributed by atoms with Gasteiger partial charge in [0.05, 0.1) is 17.3 Å². The smallest absolute Gasteiger partial charge is 0.255 e. The van der Waals surface area contributed by atoms with Gasteiger partial charge in [0.1, 0.15) is 30.0 Å². The second kappa shape index (κ2) is 9.86. The first-order valence-electron chi connectivity index (χ1n) is 13.0. The number of primary amides is 1. The molecule has 0 saturated carbocycles. The number of phenolic OH excluding ortho intramolecular Hbond substituents is 1. The maximum atomic E-state index is 13.9. The number of amides is 1. The number of hydrogen-bond acceptors (Lipinski definition) is 10. The Morgan fingerprint density at radius 3 is 2.34 bits per heavy atom. The highest BCUT2D eigenvalue weighted by Gasteiger charge is 2.63. The van der Waals surface area contributed by atoms with Gasteiger partial charge in [0.2, 0.25) is 5.78 Å². The standard InChI is InChI=1S/C30H31N3O8/c1-13(32-41-4)14-5-7-15(8-6-14)17-9-10-20(34)22-18(17)11-16-12-19-24(33(2)3)26(36)23(29(31)39)28(38)30(19,40)27(37)21(16)25(22)35/h5-10,16,19,24,34,36-37,40H,11-12H2,1-4H3,(H2,31,39)/b32-13+/t16-,19-,24-,30-/m0/s1. The van der Waals surface area contributed by atoms with Crippen molar-refractivity contribution < 1.29 is 39.6 Å². The number of benzene rings is 2. The number of ketones is 2. The van der Waals surface area contributed by atoms with E-state index in [0.29, 0.717) is 16.8 Å². The number of aliphatic hydroxyl groups excluding tert-OH is 2. The molecule has 41 heavy (non-hydrogen) atoms. The summed E-state index contributed by atoms with van der Waals surface area (Å²) in [5, 5.41) is 48.8. The number of rotatable bonds is 5. The van der Waals surface area contributed by atoms with Crippen molar-refractivity contribution in [2.75, 3.05) is 21.2 Å². The number of aromatic hydroxyl groups is 1. The highest BCUT2D eigenvalue weighted by Crippen LogP contribution is 2.53. The van der Waals surface area contributed by atoms with E-state index < -0.39 is 58.0 Å². The third kappa shape index (κ3) is 4.03.